The number of hydrogen-bond donors (Lipinski definition) is 7. The molecule has 0 aliphatic carbocycles. The summed E-state index contributed by atoms with van der Waals surface area (Å²) >= 11 is 0. The highest BCUT2D eigenvalue weighted by Crippen LogP contribution is 2.55. The molecule has 1 spiro atoms. The summed E-state index contributed by atoms with van der Waals surface area (Å²) in [7, 11) is 1.58. The van der Waals surface area contributed by atoms with Crippen LogP contribution in [-0.2, 0) is 144 Å². The second-order valence-corrected chi connectivity index (χ2v) is 35.8. The first kappa shape index (κ1) is 96.8. The summed E-state index contributed by atoms with van der Waals surface area (Å²) in [5.74, 6) is -11.5. The maximum absolute atomic E-state index is 14.6. The molecular weight excluding hydrogens is 1650 g/mol. The number of benzene rings is 2. The summed E-state index contributed by atoms with van der Waals surface area (Å²) in [6.45, 7) is 17.0. The second-order valence-electron chi connectivity index (χ2n) is 35.8. The summed E-state index contributed by atoms with van der Waals surface area (Å²) in [5.41, 5.74) is 14.8. The van der Waals surface area contributed by atoms with Crippen LogP contribution in [-0.4, -0.2) is 254 Å². The Morgan fingerprint density at radius 2 is 1.20 bits per heavy atom. The molecule has 13 rings (SSSR count). The highest BCUT2D eigenvalue weighted by molar-refractivity contribution is 6.13. The van der Waals surface area contributed by atoms with Crippen LogP contribution in [0.25, 0.3) is 0 Å². The number of aliphatic hydroxyl groups is 1. The third-order valence-corrected chi connectivity index (χ3v) is 26.0. The Bertz CT molecular complexity index is 4370. The summed E-state index contributed by atoms with van der Waals surface area (Å²) < 4.78 is 82.7. The SMILES string of the molecule is C=C1C[C@@H]2CC[C@@]34CC5O[C@H]6[C@@H](O3)[C@H]3OC(CC[C@@H]3O[C@H]6C5O4)CC(=O)C[C@@H]3[C@@H](OC)[C@@H](C[C@H](O)CCC(=O)OCc4ccc(CC(=O)[C@H](CC(N)=O)NC(=O)[C@H](C)CC(=O)[C@H](C)NC(=O)OCc5ccc(NC(=O)[C@H](CC(N)=O)CC(=O)[C@H](C)NC(=O)[C@H](C)CC(=O)CCOCCOCCN6C(=O)C=CC6=O)cc5)cc4)O[C@H]3CC3O[C@@H](CCC1O2)C[C@@H](C)C3=C. The minimum absolute atomic E-state index is 0.00242. The lowest BCUT2D eigenvalue weighted by Gasteiger charge is -2.47. The second kappa shape index (κ2) is 44.4. The number of Topliss-reactive ketones (excluding diaryl/α,β-unsaturated/α-hetero) is 5. The largest absolute Gasteiger partial charge is 0.461 e. The molecule has 35 heteroatoms. The van der Waals surface area contributed by atoms with Crippen molar-refractivity contribution in [2.45, 2.75) is 311 Å². The lowest BCUT2D eigenvalue weighted by Crippen LogP contribution is -2.61. The number of esters is 1. The number of primary amides is 2. The molecule has 2 aromatic carbocycles. The van der Waals surface area contributed by atoms with E-state index in [0.29, 0.717) is 48.8 Å². The first-order chi connectivity index (χ1) is 60.6. The molecule has 0 radical (unpaired) electrons. The Morgan fingerprint density at radius 3 is 1.92 bits per heavy atom. The number of nitrogens with zero attached hydrogens (tertiary/aromatic N) is 1. The van der Waals surface area contributed by atoms with Crippen molar-refractivity contribution >= 4 is 88.0 Å². The third kappa shape index (κ3) is 26.1. The van der Waals surface area contributed by atoms with Gasteiger partial charge in [-0.05, 0) is 111 Å². The van der Waals surface area contributed by atoms with Crippen molar-refractivity contribution < 1.29 is 134 Å². The number of aliphatic hydroxyl groups excluding tert-OH is 1. The van der Waals surface area contributed by atoms with E-state index in [1.165, 1.54) is 64.1 Å². The van der Waals surface area contributed by atoms with Gasteiger partial charge >= 0.3 is 12.1 Å². The zero-order valence-electron chi connectivity index (χ0n) is 73.1. The molecule has 0 aromatic heterocycles. The van der Waals surface area contributed by atoms with Crippen molar-refractivity contribution in [3.8, 4) is 0 Å². The molecule has 11 aliphatic heterocycles. The van der Waals surface area contributed by atoms with Gasteiger partial charge in [0.2, 0.25) is 29.5 Å². The quantitative estimate of drug-likeness (QED) is 0.0194. The molecule has 10 fully saturated rings. The standard InChI is InChI=1S/C92H123N7O28/c1-48-34-63-18-20-71-49(2)35-65(120-71)25-27-92-45-76-84(126-92)85-86(125-76)87(127-92)83-72(124-85)21-19-64(122-83)40-62(102)41-66-74(44-73(121-63)52(48)5)123-75(82(66)115-8)42-60(100)17-24-81(110)118-46-56-11-9-55(10-12-56)37-70(105)67(43-78(94)107)98-89(112)51(4)36-68(103)54(7)96-91(114)119-47-57-13-15-59(16-14-57)97-90(113)58(39-77(93)106)38-69(104)53(6)95-88(111)50(3)33-61(101)26-29-116-31-32-117-30-28-99-79(108)22-23-80(99)109/h9-16,22-23,48,50-51,53-54,58,60,63-67,71-76,82-87,100H,2,5,17-21,24-47H2,1,3-4,6-8H3,(H2,93,106)(H2,94,107)(H,95,111)(H,96,114)(H,97,113)(H,98,112)/t48-,50-,51-,53+,54+,58+,60-,63+,64?,65+,66+,67+,71?,72+,73?,74+,75-,76?,82-,83+,84?,85+,86-,87+,92+/m1/s1. The van der Waals surface area contributed by atoms with Crippen LogP contribution < -0.4 is 32.7 Å². The normalized spacial score (nSPS) is 30.0. The van der Waals surface area contributed by atoms with E-state index in [1.54, 1.807) is 31.4 Å². The van der Waals surface area contributed by atoms with E-state index in [1.807, 2.05) is 0 Å². The number of amides is 8. The first-order valence-corrected chi connectivity index (χ1v) is 44.5. The molecule has 127 heavy (non-hydrogen) atoms. The number of rotatable bonds is 41. The number of alkyl carbamates (subject to hydrolysis) is 1. The van der Waals surface area contributed by atoms with Gasteiger partial charge in [0.25, 0.3) is 11.8 Å². The molecule has 694 valence electrons. The van der Waals surface area contributed by atoms with E-state index in [9.17, 15) is 72.2 Å². The number of imide groups is 1. The number of ether oxygens (including phenoxy) is 13. The smallest absolute Gasteiger partial charge is 0.408 e. The Morgan fingerprint density at radius 1 is 0.583 bits per heavy atom. The molecule has 0 saturated carbocycles. The summed E-state index contributed by atoms with van der Waals surface area (Å²) in [4.78, 5) is 182. The molecule has 5 unspecified atom stereocenters. The molecule has 35 nitrogen and oxygen atoms in total. The van der Waals surface area contributed by atoms with E-state index < -0.39 is 187 Å². The van der Waals surface area contributed by atoms with E-state index in [2.05, 4.69) is 41.3 Å². The van der Waals surface area contributed by atoms with Crippen LogP contribution in [0.4, 0.5) is 10.5 Å². The van der Waals surface area contributed by atoms with E-state index in [0.717, 1.165) is 48.2 Å². The van der Waals surface area contributed by atoms with Gasteiger partial charge in [-0.15, -0.1) is 0 Å². The number of carbonyl (C=O) groups is 14. The Kier molecular flexibility index (Phi) is 33.8. The highest BCUT2D eigenvalue weighted by atomic mass is 16.8. The molecule has 11 heterocycles. The number of nitrogens with one attached hydrogen (secondary N) is 4. The van der Waals surface area contributed by atoms with Crippen LogP contribution in [0.5, 0.6) is 0 Å². The molecule has 9 N–H and O–H groups in total. The lowest BCUT2D eigenvalue weighted by atomic mass is 9.81. The Balaban J connectivity index is 0.543. The number of fused-ring (bicyclic) bond motifs is 6. The van der Waals surface area contributed by atoms with Crippen LogP contribution in [0.2, 0.25) is 0 Å². The minimum atomic E-state index is -1.36. The van der Waals surface area contributed by atoms with Gasteiger partial charge in [0.05, 0.1) is 131 Å². The fourth-order valence-corrected chi connectivity index (χ4v) is 18.8. The molecule has 11 aliphatic rings. The number of nitrogens with two attached hydrogens (primary N) is 2. The molecule has 10 saturated heterocycles. The fourth-order valence-electron chi connectivity index (χ4n) is 18.8. The highest BCUT2D eigenvalue weighted by Gasteiger charge is 2.69. The zero-order valence-corrected chi connectivity index (χ0v) is 73.1. The lowest BCUT2D eigenvalue weighted by molar-refractivity contribution is -0.292. The van der Waals surface area contributed by atoms with E-state index >= 15 is 0 Å². The average molecular weight is 1780 g/mol. The van der Waals surface area contributed by atoms with Crippen molar-refractivity contribution in [1.29, 1.82) is 0 Å². The minimum Gasteiger partial charge on any atom is -0.461 e. The molecular formula is C92H123N7O28. The van der Waals surface area contributed by atoms with Gasteiger partial charge in [0.1, 0.15) is 55.3 Å². The van der Waals surface area contributed by atoms with Crippen molar-refractivity contribution in [3.63, 3.8) is 0 Å². The summed E-state index contributed by atoms with van der Waals surface area (Å²) in [5, 5.41) is 21.8. The monoisotopic (exact) mass is 1770 g/mol. The van der Waals surface area contributed by atoms with Crippen molar-refractivity contribution in [1.82, 2.24) is 20.9 Å². The molecule has 25 atom stereocenters. The number of anilines is 1. The number of ketones is 5. The van der Waals surface area contributed by atoms with Crippen molar-refractivity contribution in [2.75, 3.05) is 45.4 Å². The van der Waals surface area contributed by atoms with Gasteiger partial charge in [-0.2, -0.15) is 0 Å². The Hall–Kier alpha value is -9.24. The van der Waals surface area contributed by atoms with Gasteiger partial charge in [-0.25, -0.2) is 4.79 Å². The predicted molar refractivity (Wildman–Crippen MR) is 449 cm³/mol. The fraction of sp³-hybridized carbons (Fsp3) is 0.652. The number of carbonyl (C=O) groups excluding carboxylic acids is 14. The molecule has 8 amide bonds. The van der Waals surface area contributed by atoms with Crippen LogP contribution >= 0.6 is 0 Å². The third-order valence-electron chi connectivity index (χ3n) is 26.0. The van der Waals surface area contributed by atoms with Crippen LogP contribution in [0.1, 0.15) is 186 Å². The van der Waals surface area contributed by atoms with E-state index in [-0.39, 0.29) is 176 Å². The van der Waals surface area contributed by atoms with Crippen LogP contribution in [0.3, 0.4) is 0 Å². The number of methoxy groups -OCH3 is 1. The van der Waals surface area contributed by atoms with Crippen LogP contribution in [0.15, 0.2) is 85.0 Å². The maximum Gasteiger partial charge on any atom is 0.408 e. The van der Waals surface area contributed by atoms with Gasteiger partial charge in [-0.1, -0.05) is 70.3 Å². The predicted octanol–water partition coefficient (Wildman–Crippen LogP) is 5.22. The summed E-state index contributed by atoms with van der Waals surface area (Å²) in [6, 6.07) is 8.91. The average Bonchev–Trinajstić information content (AvgIpc) is 1.55. The summed E-state index contributed by atoms with van der Waals surface area (Å²) in [6.07, 6.45) is -0.000463. The van der Waals surface area contributed by atoms with Crippen molar-refractivity contribution in [2.24, 2.45) is 41.1 Å². The zero-order chi connectivity index (χ0) is 91.1. The van der Waals surface area contributed by atoms with Gasteiger partial charge in [0, 0.05) is 126 Å². The van der Waals surface area contributed by atoms with Gasteiger partial charge < -0.3 is 99.4 Å². The first-order valence-electron chi connectivity index (χ1n) is 44.5. The maximum atomic E-state index is 14.6. The van der Waals surface area contributed by atoms with Crippen LogP contribution in [0, 0.1) is 29.6 Å². The van der Waals surface area contributed by atoms with E-state index in [4.69, 9.17) is 73.0 Å². The molecule has 12 bridgehead atoms. The topological polar surface area (TPSA) is 483 Å². The molecule has 2 aromatic rings. The van der Waals surface area contributed by atoms with Gasteiger partial charge in [0.15, 0.2) is 23.1 Å². The Labute approximate surface area is 738 Å². The number of hydrogen-bond acceptors (Lipinski definition) is 28. The van der Waals surface area contributed by atoms with Gasteiger partial charge in [-0.3, -0.25) is 67.2 Å². The van der Waals surface area contributed by atoms with Crippen molar-refractivity contribution in [3.05, 3.63) is 102 Å².